The normalized spacial score (nSPS) is 20.9. The molecule has 0 saturated carbocycles. The maximum absolute atomic E-state index is 10.6. The Morgan fingerprint density at radius 1 is 1.53 bits per heavy atom. The molecule has 0 spiro atoms. The van der Waals surface area contributed by atoms with Crippen LogP contribution >= 0.6 is 0 Å². The van der Waals surface area contributed by atoms with Crippen LogP contribution in [0, 0.1) is 4.91 Å². The van der Waals surface area contributed by atoms with E-state index in [-0.39, 0.29) is 0 Å². The topological polar surface area (TPSA) is 62.5 Å². The molecule has 0 aliphatic heterocycles. The molecule has 1 heterocycles. The minimum Gasteiger partial charge on any atom is -0.389 e. The van der Waals surface area contributed by atoms with Gasteiger partial charge in [0.25, 0.3) is 0 Å². The summed E-state index contributed by atoms with van der Waals surface area (Å²) < 4.78 is 0. The van der Waals surface area contributed by atoms with Gasteiger partial charge in [-0.25, -0.2) is 0 Å². The zero-order chi connectivity index (χ0) is 10.7. The molecule has 0 aromatic carbocycles. The summed E-state index contributed by atoms with van der Waals surface area (Å²) in [7, 11) is 0. The molecule has 1 atom stereocenters. The molecule has 0 saturated heterocycles. The Labute approximate surface area is 87.6 Å². The standard InChI is InChI=1S/C11H12N2O2/c14-9-3-1-2-8(6-9)10-4-5-12-7-11(10)13-15/h4-7,9,14H,1-3H2. The van der Waals surface area contributed by atoms with Crippen molar-refractivity contribution in [3.05, 3.63) is 35.0 Å². The number of aromatic nitrogens is 1. The first kappa shape index (κ1) is 9.98. The van der Waals surface area contributed by atoms with Gasteiger partial charge in [0.1, 0.15) is 5.69 Å². The second-order valence-electron chi connectivity index (χ2n) is 3.64. The van der Waals surface area contributed by atoms with Crippen LogP contribution in [0.2, 0.25) is 0 Å². The molecule has 1 aliphatic rings. The van der Waals surface area contributed by atoms with Gasteiger partial charge in [0, 0.05) is 11.8 Å². The monoisotopic (exact) mass is 204 g/mol. The number of rotatable bonds is 2. The van der Waals surface area contributed by atoms with E-state index in [0.29, 0.717) is 5.69 Å². The first-order valence-electron chi connectivity index (χ1n) is 4.98. The highest BCUT2D eigenvalue weighted by atomic mass is 16.3. The Kier molecular flexibility index (Phi) is 2.87. The molecule has 1 N–H and O–H groups in total. The fourth-order valence-electron chi connectivity index (χ4n) is 1.86. The number of allylic oxidation sites excluding steroid dienone is 1. The molecular formula is C11H12N2O2. The molecule has 2 rings (SSSR count). The lowest BCUT2D eigenvalue weighted by Crippen LogP contribution is -2.08. The summed E-state index contributed by atoms with van der Waals surface area (Å²) >= 11 is 0. The van der Waals surface area contributed by atoms with Crippen LogP contribution in [0.5, 0.6) is 0 Å². The molecule has 0 bridgehead atoms. The maximum atomic E-state index is 10.6. The Morgan fingerprint density at radius 2 is 2.40 bits per heavy atom. The second kappa shape index (κ2) is 4.31. The van der Waals surface area contributed by atoms with Crippen LogP contribution < -0.4 is 0 Å². The van der Waals surface area contributed by atoms with Crippen molar-refractivity contribution in [2.75, 3.05) is 0 Å². The Balaban J connectivity index is 2.40. The van der Waals surface area contributed by atoms with Crippen molar-refractivity contribution in [2.24, 2.45) is 5.18 Å². The summed E-state index contributed by atoms with van der Waals surface area (Å²) in [5, 5.41) is 12.4. The number of nitroso groups, excluding NO2 is 1. The van der Waals surface area contributed by atoms with E-state index < -0.39 is 6.10 Å². The van der Waals surface area contributed by atoms with Gasteiger partial charge in [-0.3, -0.25) is 4.98 Å². The molecule has 0 radical (unpaired) electrons. The Morgan fingerprint density at radius 3 is 3.13 bits per heavy atom. The van der Waals surface area contributed by atoms with Crippen molar-refractivity contribution < 1.29 is 5.11 Å². The van der Waals surface area contributed by atoms with Crippen molar-refractivity contribution in [3.8, 4) is 0 Å². The summed E-state index contributed by atoms with van der Waals surface area (Å²) in [5.74, 6) is 0. The number of hydrogen-bond donors (Lipinski definition) is 1. The van der Waals surface area contributed by atoms with Crippen LogP contribution in [0.3, 0.4) is 0 Å². The highest BCUT2D eigenvalue weighted by Crippen LogP contribution is 2.32. The van der Waals surface area contributed by atoms with Gasteiger partial charge in [0.05, 0.1) is 12.3 Å². The smallest absolute Gasteiger partial charge is 0.133 e. The lowest BCUT2D eigenvalue weighted by molar-refractivity contribution is 0.206. The number of aliphatic hydroxyl groups excluding tert-OH is 1. The van der Waals surface area contributed by atoms with Gasteiger partial charge < -0.3 is 5.11 Å². The summed E-state index contributed by atoms with van der Waals surface area (Å²) in [6.07, 6.45) is 7.08. The molecular weight excluding hydrogens is 192 g/mol. The number of hydrogen-bond acceptors (Lipinski definition) is 4. The first-order valence-corrected chi connectivity index (χ1v) is 4.98. The lowest BCUT2D eigenvalue weighted by atomic mass is 9.92. The second-order valence-corrected chi connectivity index (χ2v) is 3.64. The fourth-order valence-corrected chi connectivity index (χ4v) is 1.86. The van der Waals surface area contributed by atoms with Crippen LogP contribution in [0.1, 0.15) is 24.8 Å². The molecule has 0 fully saturated rings. The highest BCUT2D eigenvalue weighted by molar-refractivity contribution is 5.74. The van der Waals surface area contributed by atoms with Crippen LogP contribution in [-0.2, 0) is 0 Å². The summed E-state index contributed by atoms with van der Waals surface area (Å²) in [5.41, 5.74) is 2.13. The number of pyridine rings is 1. The summed E-state index contributed by atoms with van der Waals surface area (Å²) in [4.78, 5) is 14.4. The average molecular weight is 204 g/mol. The quantitative estimate of drug-likeness (QED) is 0.752. The predicted molar refractivity (Wildman–Crippen MR) is 57.5 cm³/mol. The molecule has 1 unspecified atom stereocenters. The van der Waals surface area contributed by atoms with Gasteiger partial charge in [-0.05, 0) is 36.1 Å². The van der Waals surface area contributed by atoms with E-state index in [0.717, 1.165) is 30.4 Å². The van der Waals surface area contributed by atoms with Crippen molar-refractivity contribution in [3.63, 3.8) is 0 Å². The zero-order valence-corrected chi connectivity index (χ0v) is 8.26. The molecule has 1 aromatic rings. The highest BCUT2D eigenvalue weighted by Gasteiger charge is 2.15. The van der Waals surface area contributed by atoms with Crippen LogP contribution in [-0.4, -0.2) is 16.2 Å². The van der Waals surface area contributed by atoms with Crippen LogP contribution in [0.25, 0.3) is 5.57 Å². The maximum Gasteiger partial charge on any atom is 0.133 e. The molecule has 4 heteroatoms. The minimum absolute atomic E-state index is 0.345. The van der Waals surface area contributed by atoms with Gasteiger partial charge in [-0.1, -0.05) is 6.08 Å². The van der Waals surface area contributed by atoms with Crippen molar-refractivity contribution in [1.29, 1.82) is 0 Å². The molecule has 1 aromatic heterocycles. The largest absolute Gasteiger partial charge is 0.389 e. The lowest BCUT2D eigenvalue weighted by Gasteiger charge is -2.17. The van der Waals surface area contributed by atoms with Crippen LogP contribution in [0.4, 0.5) is 5.69 Å². The first-order chi connectivity index (χ1) is 7.31. The van der Waals surface area contributed by atoms with Crippen molar-refractivity contribution in [1.82, 2.24) is 4.98 Å². The third-order valence-electron chi connectivity index (χ3n) is 2.58. The van der Waals surface area contributed by atoms with E-state index in [1.165, 1.54) is 6.20 Å². The molecule has 0 amide bonds. The van der Waals surface area contributed by atoms with E-state index >= 15 is 0 Å². The van der Waals surface area contributed by atoms with Gasteiger partial charge in [0.15, 0.2) is 0 Å². The van der Waals surface area contributed by atoms with Gasteiger partial charge in [-0.15, -0.1) is 4.91 Å². The van der Waals surface area contributed by atoms with Gasteiger partial charge in [0.2, 0.25) is 0 Å². The SMILES string of the molecule is O=Nc1cnccc1C1=CC(O)CCC1. The summed E-state index contributed by atoms with van der Waals surface area (Å²) in [6, 6.07) is 1.76. The third kappa shape index (κ3) is 2.10. The van der Waals surface area contributed by atoms with E-state index in [1.807, 2.05) is 0 Å². The van der Waals surface area contributed by atoms with Crippen molar-refractivity contribution >= 4 is 11.3 Å². The Bertz CT molecular complexity index is 401. The number of nitrogens with zero attached hydrogens (tertiary/aromatic N) is 2. The summed E-state index contributed by atoms with van der Waals surface area (Å²) in [6.45, 7) is 0. The predicted octanol–water partition coefficient (Wildman–Crippen LogP) is 2.41. The average Bonchev–Trinajstić information content (AvgIpc) is 2.29. The van der Waals surface area contributed by atoms with E-state index in [1.54, 1.807) is 18.3 Å². The molecule has 4 nitrogen and oxygen atoms in total. The van der Waals surface area contributed by atoms with Crippen LogP contribution in [0.15, 0.2) is 29.7 Å². The van der Waals surface area contributed by atoms with Crippen molar-refractivity contribution in [2.45, 2.75) is 25.4 Å². The minimum atomic E-state index is -0.401. The molecule has 1 aliphatic carbocycles. The van der Waals surface area contributed by atoms with E-state index in [2.05, 4.69) is 10.2 Å². The third-order valence-corrected chi connectivity index (χ3v) is 2.58. The van der Waals surface area contributed by atoms with Gasteiger partial charge >= 0.3 is 0 Å². The van der Waals surface area contributed by atoms with E-state index in [9.17, 15) is 10.0 Å². The fraction of sp³-hybridized carbons (Fsp3) is 0.364. The van der Waals surface area contributed by atoms with E-state index in [4.69, 9.17) is 0 Å². The number of aliphatic hydroxyl groups is 1. The zero-order valence-electron chi connectivity index (χ0n) is 8.26. The van der Waals surface area contributed by atoms with Gasteiger partial charge in [-0.2, -0.15) is 0 Å². The Hall–Kier alpha value is -1.55. The molecule has 78 valence electrons. The molecule has 15 heavy (non-hydrogen) atoms.